The molecule has 5 heteroatoms. The second kappa shape index (κ2) is 10.1. The highest BCUT2D eigenvalue weighted by molar-refractivity contribution is 7.98. The molecule has 1 atom stereocenters. The first kappa shape index (κ1) is 21.0. The van der Waals surface area contributed by atoms with Crippen LogP contribution in [-0.4, -0.2) is 47.7 Å². The molecule has 2 rings (SSSR count). The number of nitrogens with two attached hydrogens (primary N) is 1. The van der Waals surface area contributed by atoms with Crippen LogP contribution in [0.1, 0.15) is 49.0 Å². The molecule has 1 aliphatic heterocycles. The van der Waals surface area contributed by atoms with Crippen LogP contribution in [-0.2, 0) is 11.2 Å². The Morgan fingerprint density at radius 1 is 1.19 bits per heavy atom. The summed E-state index contributed by atoms with van der Waals surface area (Å²) < 4.78 is 0. The van der Waals surface area contributed by atoms with Gasteiger partial charge in [-0.1, -0.05) is 38.1 Å². The monoisotopic (exact) mass is 376 g/mol. The van der Waals surface area contributed by atoms with Gasteiger partial charge in [0.1, 0.15) is 0 Å². The number of piperidine rings is 1. The summed E-state index contributed by atoms with van der Waals surface area (Å²) in [6, 6.07) is 7.63. The zero-order valence-corrected chi connectivity index (χ0v) is 17.1. The summed E-state index contributed by atoms with van der Waals surface area (Å²) in [7, 11) is 0. The lowest BCUT2D eigenvalue weighted by Crippen LogP contribution is -2.48. The van der Waals surface area contributed by atoms with Gasteiger partial charge in [0.25, 0.3) is 0 Å². The summed E-state index contributed by atoms with van der Waals surface area (Å²) in [6.45, 7) is 5.66. The van der Waals surface area contributed by atoms with Crippen LogP contribution in [0.3, 0.4) is 0 Å². The molecule has 1 fully saturated rings. The third-order valence-electron chi connectivity index (χ3n) is 5.01. The number of ketones is 1. The predicted molar refractivity (Wildman–Crippen MR) is 110 cm³/mol. The molecule has 4 nitrogen and oxygen atoms in total. The average Bonchev–Trinajstić information content (AvgIpc) is 2.65. The van der Waals surface area contributed by atoms with Crippen LogP contribution in [0.2, 0.25) is 0 Å². The first-order valence-corrected chi connectivity index (χ1v) is 11.0. The lowest BCUT2D eigenvalue weighted by atomic mass is 9.88. The summed E-state index contributed by atoms with van der Waals surface area (Å²) in [5.41, 5.74) is 8.06. The Morgan fingerprint density at radius 2 is 1.81 bits per heavy atom. The number of amides is 1. The fourth-order valence-corrected chi connectivity index (χ4v) is 3.97. The van der Waals surface area contributed by atoms with Crippen molar-refractivity contribution >= 4 is 23.5 Å². The van der Waals surface area contributed by atoms with Crippen molar-refractivity contribution in [3.05, 3.63) is 35.4 Å². The molecule has 1 aliphatic rings. The van der Waals surface area contributed by atoms with Gasteiger partial charge in [-0.15, -0.1) is 0 Å². The highest BCUT2D eigenvalue weighted by Crippen LogP contribution is 2.23. The van der Waals surface area contributed by atoms with E-state index in [1.54, 1.807) is 11.8 Å². The summed E-state index contributed by atoms with van der Waals surface area (Å²) in [6.07, 6.45) is 5.22. The molecule has 1 aromatic rings. The van der Waals surface area contributed by atoms with Crippen LogP contribution in [0.4, 0.5) is 0 Å². The minimum atomic E-state index is -0.414. The highest BCUT2D eigenvalue weighted by atomic mass is 32.2. The smallest absolute Gasteiger partial charge is 0.239 e. The third-order valence-corrected chi connectivity index (χ3v) is 5.65. The molecule has 0 aliphatic carbocycles. The van der Waals surface area contributed by atoms with Crippen molar-refractivity contribution in [2.75, 3.05) is 25.1 Å². The van der Waals surface area contributed by atoms with Crippen LogP contribution in [0, 0.1) is 11.8 Å². The van der Waals surface area contributed by atoms with E-state index in [2.05, 4.69) is 26.0 Å². The van der Waals surface area contributed by atoms with E-state index in [-0.39, 0.29) is 17.6 Å². The largest absolute Gasteiger partial charge is 0.341 e. The lowest BCUT2D eigenvalue weighted by molar-refractivity contribution is -0.133. The first-order chi connectivity index (χ1) is 12.4. The molecular weight excluding hydrogens is 344 g/mol. The number of Topliss-reactive ketones (excluding diaryl/α,β-unsaturated/α-hetero) is 1. The van der Waals surface area contributed by atoms with Gasteiger partial charge < -0.3 is 10.6 Å². The number of rotatable bonds is 8. The molecule has 0 spiro atoms. The quantitative estimate of drug-likeness (QED) is 0.707. The second-order valence-corrected chi connectivity index (χ2v) is 8.63. The Hall–Kier alpha value is -1.33. The molecule has 0 saturated carbocycles. The molecule has 0 aromatic heterocycles. The number of likely N-dealkylation sites (tertiary alicyclic amines) is 1. The molecule has 2 N–H and O–H groups in total. The van der Waals surface area contributed by atoms with E-state index in [1.165, 1.54) is 5.56 Å². The Bertz CT molecular complexity index is 593. The summed E-state index contributed by atoms with van der Waals surface area (Å²) in [5.74, 6) is 1.76. The van der Waals surface area contributed by atoms with E-state index >= 15 is 0 Å². The van der Waals surface area contributed by atoms with Gasteiger partial charge in [0.15, 0.2) is 5.78 Å². The van der Waals surface area contributed by atoms with E-state index in [9.17, 15) is 9.59 Å². The normalized spacial score (nSPS) is 16.7. The van der Waals surface area contributed by atoms with Gasteiger partial charge in [-0.05, 0) is 49.2 Å². The lowest BCUT2D eigenvalue weighted by Gasteiger charge is -2.33. The van der Waals surface area contributed by atoms with Gasteiger partial charge in [-0.2, -0.15) is 11.8 Å². The Balaban J connectivity index is 1.87. The van der Waals surface area contributed by atoms with Crippen LogP contribution in [0.15, 0.2) is 24.3 Å². The number of nitrogens with zero attached hydrogens (tertiary/aromatic N) is 1. The number of thioether (sulfide) groups is 1. The van der Waals surface area contributed by atoms with Crippen LogP contribution >= 0.6 is 11.8 Å². The summed E-state index contributed by atoms with van der Waals surface area (Å²) in [4.78, 5) is 27.0. The topological polar surface area (TPSA) is 63.4 Å². The van der Waals surface area contributed by atoms with Crippen molar-refractivity contribution in [1.29, 1.82) is 0 Å². The van der Waals surface area contributed by atoms with Crippen LogP contribution in [0.25, 0.3) is 0 Å². The predicted octanol–water partition coefficient (Wildman–Crippen LogP) is 3.39. The number of hydrogen-bond donors (Lipinski definition) is 1. The van der Waals surface area contributed by atoms with Crippen molar-refractivity contribution in [3.8, 4) is 0 Å². The maximum absolute atomic E-state index is 12.8. The molecule has 1 amide bonds. The van der Waals surface area contributed by atoms with Crippen LogP contribution < -0.4 is 5.73 Å². The Labute approximate surface area is 161 Å². The van der Waals surface area contributed by atoms with Crippen molar-refractivity contribution in [3.63, 3.8) is 0 Å². The SMILES string of the molecule is CSCCC(N)C(=O)N1CCC(C(=O)c2ccc(CC(C)C)cc2)CC1. The van der Waals surface area contributed by atoms with Crippen molar-refractivity contribution < 1.29 is 9.59 Å². The first-order valence-electron chi connectivity index (χ1n) is 9.58. The maximum atomic E-state index is 12.8. The number of benzene rings is 1. The van der Waals surface area contributed by atoms with Crippen molar-refractivity contribution in [2.45, 2.75) is 45.6 Å². The molecule has 1 saturated heterocycles. The van der Waals surface area contributed by atoms with Crippen molar-refractivity contribution in [1.82, 2.24) is 4.90 Å². The molecule has 144 valence electrons. The second-order valence-electron chi connectivity index (χ2n) is 7.65. The van der Waals surface area contributed by atoms with Gasteiger partial charge in [0, 0.05) is 24.6 Å². The summed E-state index contributed by atoms with van der Waals surface area (Å²) >= 11 is 1.70. The molecular formula is C21H32N2O2S. The number of carbonyl (C=O) groups is 2. The summed E-state index contributed by atoms with van der Waals surface area (Å²) in [5, 5.41) is 0. The average molecular weight is 377 g/mol. The molecule has 0 radical (unpaired) electrons. The minimum absolute atomic E-state index is 0.0115. The van der Waals surface area contributed by atoms with E-state index < -0.39 is 6.04 Å². The van der Waals surface area contributed by atoms with Crippen molar-refractivity contribution in [2.24, 2.45) is 17.6 Å². The zero-order chi connectivity index (χ0) is 19.1. The third kappa shape index (κ3) is 5.85. The Kier molecular flexibility index (Phi) is 8.16. The van der Waals surface area contributed by atoms with E-state index in [1.807, 2.05) is 23.3 Å². The molecule has 26 heavy (non-hydrogen) atoms. The standard InChI is InChI=1S/C21H32N2O2S/c1-15(2)14-16-4-6-17(7-5-16)20(24)18-8-11-23(12-9-18)21(25)19(22)10-13-26-3/h4-7,15,18-19H,8-14,22H2,1-3H3. The minimum Gasteiger partial charge on any atom is -0.341 e. The fourth-order valence-electron chi connectivity index (χ4n) is 3.48. The van der Waals surface area contributed by atoms with E-state index in [0.717, 1.165) is 30.6 Å². The van der Waals surface area contributed by atoms with Gasteiger partial charge in [-0.3, -0.25) is 9.59 Å². The van der Waals surface area contributed by atoms with Gasteiger partial charge >= 0.3 is 0 Å². The Morgan fingerprint density at radius 3 is 2.35 bits per heavy atom. The van der Waals surface area contributed by atoms with Gasteiger partial charge in [0.05, 0.1) is 6.04 Å². The number of carbonyl (C=O) groups excluding carboxylic acids is 2. The molecule has 1 aromatic carbocycles. The number of hydrogen-bond acceptors (Lipinski definition) is 4. The molecule has 1 unspecified atom stereocenters. The maximum Gasteiger partial charge on any atom is 0.239 e. The van der Waals surface area contributed by atoms with Crippen LogP contribution in [0.5, 0.6) is 0 Å². The zero-order valence-electron chi connectivity index (χ0n) is 16.2. The fraction of sp³-hybridized carbons (Fsp3) is 0.619. The van der Waals surface area contributed by atoms with Gasteiger partial charge in [0.2, 0.25) is 5.91 Å². The highest BCUT2D eigenvalue weighted by Gasteiger charge is 2.29. The molecule has 0 bridgehead atoms. The van der Waals surface area contributed by atoms with E-state index in [0.29, 0.717) is 25.4 Å². The molecule has 1 heterocycles. The van der Waals surface area contributed by atoms with E-state index in [4.69, 9.17) is 5.73 Å². The van der Waals surface area contributed by atoms with Gasteiger partial charge in [-0.25, -0.2) is 0 Å².